The lowest BCUT2D eigenvalue weighted by Gasteiger charge is -2.28. The highest BCUT2D eigenvalue weighted by molar-refractivity contribution is 9.10. The second-order valence-electron chi connectivity index (χ2n) is 4.80. The first-order valence-electron chi connectivity index (χ1n) is 6.15. The predicted octanol–water partition coefficient (Wildman–Crippen LogP) is 4.53. The molecular formula is C14H21BrFN. The zero-order valence-electron chi connectivity index (χ0n) is 10.9. The maximum absolute atomic E-state index is 13.9. The average Bonchev–Trinajstić information content (AvgIpc) is 2.28. The van der Waals surface area contributed by atoms with E-state index in [1.54, 1.807) is 6.07 Å². The molecular weight excluding hydrogens is 281 g/mol. The van der Waals surface area contributed by atoms with E-state index in [0.29, 0.717) is 11.8 Å². The Morgan fingerprint density at radius 3 is 2.47 bits per heavy atom. The van der Waals surface area contributed by atoms with Crippen LogP contribution in [0.25, 0.3) is 0 Å². The molecule has 0 spiro atoms. The number of halogens is 2. The van der Waals surface area contributed by atoms with Crippen molar-refractivity contribution in [1.82, 2.24) is 5.32 Å². The zero-order chi connectivity index (χ0) is 13.0. The molecule has 1 aromatic carbocycles. The third-order valence-corrected chi connectivity index (χ3v) is 3.79. The molecule has 0 aliphatic rings. The minimum Gasteiger partial charge on any atom is -0.310 e. The van der Waals surface area contributed by atoms with Crippen LogP contribution in [0.3, 0.4) is 0 Å². The quantitative estimate of drug-likeness (QED) is 0.842. The average molecular weight is 302 g/mol. The summed E-state index contributed by atoms with van der Waals surface area (Å²) in [5, 5.41) is 3.39. The normalized spacial score (nSPS) is 15.0. The van der Waals surface area contributed by atoms with Crippen LogP contribution in [0.5, 0.6) is 0 Å². The topological polar surface area (TPSA) is 12.0 Å². The fourth-order valence-electron chi connectivity index (χ4n) is 1.94. The van der Waals surface area contributed by atoms with Gasteiger partial charge in [0.2, 0.25) is 0 Å². The summed E-state index contributed by atoms with van der Waals surface area (Å²) in [5.74, 6) is 0.767. The Balaban J connectivity index is 3.08. The standard InChI is InChI=1S/C14H21BrFN/c1-5-17-14(10(4)9(2)3)12-8-11(15)6-7-13(12)16/h6-10,14,17H,5H2,1-4H3. The van der Waals surface area contributed by atoms with Crippen molar-refractivity contribution < 1.29 is 4.39 Å². The molecule has 0 fully saturated rings. The van der Waals surface area contributed by atoms with Gasteiger partial charge in [0.05, 0.1) is 0 Å². The highest BCUT2D eigenvalue weighted by Gasteiger charge is 2.23. The van der Waals surface area contributed by atoms with Crippen LogP contribution in [0, 0.1) is 17.7 Å². The fourth-order valence-corrected chi connectivity index (χ4v) is 2.32. The van der Waals surface area contributed by atoms with Gasteiger partial charge in [-0.25, -0.2) is 4.39 Å². The van der Waals surface area contributed by atoms with E-state index in [-0.39, 0.29) is 11.9 Å². The molecule has 0 radical (unpaired) electrons. The predicted molar refractivity (Wildman–Crippen MR) is 74.5 cm³/mol. The van der Waals surface area contributed by atoms with Crippen molar-refractivity contribution in [3.05, 3.63) is 34.1 Å². The SMILES string of the molecule is CCNC(c1cc(Br)ccc1F)C(C)C(C)C. The smallest absolute Gasteiger partial charge is 0.128 e. The number of rotatable bonds is 5. The summed E-state index contributed by atoms with van der Waals surface area (Å²) in [7, 11) is 0. The molecule has 96 valence electrons. The van der Waals surface area contributed by atoms with Crippen molar-refractivity contribution in [3.8, 4) is 0 Å². The molecule has 0 saturated carbocycles. The summed E-state index contributed by atoms with van der Waals surface area (Å²) in [6.07, 6.45) is 0. The van der Waals surface area contributed by atoms with E-state index in [0.717, 1.165) is 16.6 Å². The first-order chi connectivity index (χ1) is 7.97. The first kappa shape index (κ1) is 14.7. The Morgan fingerprint density at radius 2 is 1.94 bits per heavy atom. The molecule has 0 heterocycles. The third-order valence-electron chi connectivity index (χ3n) is 3.29. The van der Waals surface area contributed by atoms with Crippen molar-refractivity contribution >= 4 is 15.9 Å². The van der Waals surface area contributed by atoms with E-state index in [2.05, 4.69) is 48.9 Å². The zero-order valence-corrected chi connectivity index (χ0v) is 12.5. The van der Waals surface area contributed by atoms with Gasteiger partial charge in [0.25, 0.3) is 0 Å². The largest absolute Gasteiger partial charge is 0.310 e. The van der Waals surface area contributed by atoms with Crippen LogP contribution in [0.1, 0.15) is 39.3 Å². The second-order valence-corrected chi connectivity index (χ2v) is 5.72. The monoisotopic (exact) mass is 301 g/mol. The number of nitrogens with one attached hydrogen (secondary N) is 1. The highest BCUT2D eigenvalue weighted by Crippen LogP contribution is 2.31. The maximum Gasteiger partial charge on any atom is 0.128 e. The molecule has 0 bridgehead atoms. The van der Waals surface area contributed by atoms with Gasteiger partial charge < -0.3 is 5.32 Å². The van der Waals surface area contributed by atoms with Gasteiger partial charge in [-0.2, -0.15) is 0 Å². The van der Waals surface area contributed by atoms with Gasteiger partial charge in [-0.15, -0.1) is 0 Å². The van der Waals surface area contributed by atoms with Crippen molar-refractivity contribution in [1.29, 1.82) is 0 Å². The van der Waals surface area contributed by atoms with Gasteiger partial charge in [0.15, 0.2) is 0 Å². The van der Waals surface area contributed by atoms with Gasteiger partial charge in [-0.1, -0.05) is 43.6 Å². The fraction of sp³-hybridized carbons (Fsp3) is 0.571. The molecule has 17 heavy (non-hydrogen) atoms. The van der Waals surface area contributed by atoms with E-state index in [9.17, 15) is 4.39 Å². The van der Waals surface area contributed by atoms with Crippen molar-refractivity contribution in [2.24, 2.45) is 11.8 Å². The van der Waals surface area contributed by atoms with Crippen LogP contribution in [0.4, 0.5) is 4.39 Å². The minimum atomic E-state index is -0.133. The van der Waals surface area contributed by atoms with Gasteiger partial charge in [0, 0.05) is 16.1 Å². The summed E-state index contributed by atoms with van der Waals surface area (Å²) in [6.45, 7) is 9.40. The molecule has 1 rings (SSSR count). The molecule has 0 amide bonds. The van der Waals surface area contributed by atoms with Crippen LogP contribution >= 0.6 is 15.9 Å². The Labute approximate surface area is 112 Å². The molecule has 3 heteroatoms. The number of benzene rings is 1. The van der Waals surface area contributed by atoms with Gasteiger partial charge >= 0.3 is 0 Å². The van der Waals surface area contributed by atoms with Gasteiger partial charge in [0.1, 0.15) is 5.82 Å². The Hall–Kier alpha value is -0.410. The van der Waals surface area contributed by atoms with Crippen LogP contribution in [0.15, 0.2) is 22.7 Å². The molecule has 1 nitrogen and oxygen atoms in total. The van der Waals surface area contributed by atoms with Crippen molar-refractivity contribution in [2.45, 2.75) is 33.7 Å². The van der Waals surface area contributed by atoms with E-state index in [1.807, 2.05) is 6.07 Å². The molecule has 2 atom stereocenters. The molecule has 1 aromatic rings. The van der Waals surface area contributed by atoms with Crippen molar-refractivity contribution in [3.63, 3.8) is 0 Å². The van der Waals surface area contributed by atoms with Crippen LogP contribution in [-0.2, 0) is 0 Å². The lowest BCUT2D eigenvalue weighted by Crippen LogP contribution is -2.30. The molecule has 2 unspecified atom stereocenters. The third kappa shape index (κ3) is 3.78. The summed E-state index contributed by atoms with van der Waals surface area (Å²) >= 11 is 3.41. The molecule has 0 aliphatic carbocycles. The van der Waals surface area contributed by atoms with E-state index in [1.165, 1.54) is 6.07 Å². The molecule has 1 N–H and O–H groups in total. The maximum atomic E-state index is 13.9. The Kier molecular flexibility index (Phi) is 5.60. The first-order valence-corrected chi connectivity index (χ1v) is 6.95. The Bertz CT molecular complexity index is 365. The van der Waals surface area contributed by atoms with Crippen LogP contribution < -0.4 is 5.32 Å². The van der Waals surface area contributed by atoms with Gasteiger partial charge in [-0.3, -0.25) is 0 Å². The van der Waals surface area contributed by atoms with E-state index in [4.69, 9.17) is 0 Å². The second kappa shape index (κ2) is 6.50. The lowest BCUT2D eigenvalue weighted by molar-refractivity contribution is 0.301. The van der Waals surface area contributed by atoms with Gasteiger partial charge in [-0.05, 0) is 36.6 Å². The van der Waals surface area contributed by atoms with Crippen molar-refractivity contribution in [2.75, 3.05) is 6.54 Å². The summed E-state index contributed by atoms with van der Waals surface area (Å²) < 4.78 is 14.8. The van der Waals surface area contributed by atoms with E-state index < -0.39 is 0 Å². The molecule has 0 aromatic heterocycles. The molecule has 0 aliphatic heterocycles. The summed E-state index contributed by atoms with van der Waals surface area (Å²) in [4.78, 5) is 0. The van der Waals surface area contributed by atoms with E-state index >= 15 is 0 Å². The van der Waals surface area contributed by atoms with Crippen LogP contribution in [-0.4, -0.2) is 6.54 Å². The minimum absolute atomic E-state index is 0.0671. The number of hydrogen-bond acceptors (Lipinski definition) is 1. The highest BCUT2D eigenvalue weighted by atomic mass is 79.9. The number of hydrogen-bond donors (Lipinski definition) is 1. The Morgan fingerprint density at radius 1 is 1.29 bits per heavy atom. The summed E-state index contributed by atoms with van der Waals surface area (Å²) in [5.41, 5.74) is 0.752. The summed E-state index contributed by atoms with van der Waals surface area (Å²) in [6, 6.07) is 5.21. The van der Waals surface area contributed by atoms with Crippen LogP contribution in [0.2, 0.25) is 0 Å². The molecule has 0 saturated heterocycles. The lowest BCUT2D eigenvalue weighted by atomic mass is 9.86.